The smallest absolute Gasteiger partial charge is 0.167 e. The van der Waals surface area contributed by atoms with Crippen molar-refractivity contribution < 1.29 is 11.3 Å². The molecule has 0 bridgehead atoms. The molecule has 0 atom stereocenters. The zero-order valence-corrected chi connectivity index (χ0v) is 29.8. The number of hydrogen-bond acceptors (Lipinski definition) is 4. The molecule has 5 heteroatoms. The lowest BCUT2D eigenvalue weighted by molar-refractivity contribution is 0.670. The van der Waals surface area contributed by atoms with Crippen LogP contribution < -0.4 is 0 Å². The number of fused-ring (bicyclic) bond motifs is 6. The van der Waals surface area contributed by atoms with Crippen molar-refractivity contribution in [3.05, 3.63) is 194 Å². The Morgan fingerprint density at radius 2 is 0.982 bits per heavy atom. The van der Waals surface area contributed by atoms with E-state index in [0.29, 0.717) is 39.7 Å². The van der Waals surface area contributed by atoms with Crippen molar-refractivity contribution in [2.24, 2.45) is 0 Å². The summed E-state index contributed by atoms with van der Waals surface area (Å²) in [4.78, 5) is 15.0. The second kappa shape index (κ2) is 13.0. The number of para-hydroxylation sites is 4. The van der Waals surface area contributed by atoms with Gasteiger partial charge in [-0.1, -0.05) is 152 Å². The number of benzene rings is 8. The fourth-order valence-corrected chi connectivity index (χ4v) is 7.77. The molecule has 3 aromatic heterocycles. The van der Waals surface area contributed by atoms with Crippen LogP contribution in [-0.2, 0) is 0 Å². The predicted molar refractivity (Wildman–Crippen MR) is 229 cm³/mol. The number of rotatable bonds is 6. The number of furan rings is 1. The van der Waals surface area contributed by atoms with E-state index < -0.39 is 18.1 Å². The normalized spacial score (nSPS) is 12.8. The van der Waals surface area contributed by atoms with Crippen molar-refractivity contribution in [2.45, 2.75) is 0 Å². The van der Waals surface area contributed by atoms with Crippen LogP contribution >= 0.6 is 0 Å². The van der Waals surface area contributed by atoms with Gasteiger partial charge in [-0.15, -0.1) is 0 Å². The molecule has 56 heavy (non-hydrogen) atoms. The topological polar surface area (TPSA) is 56.7 Å². The van der Waals surface area contributed by atoms with Gasteiger partial charge in [0.1, 0.15) is 11.2 Å². The quantitative estimate of drug-likeness (QED) is 0.172. The largest absolute Gasteiger partial charge is 0.455 e. The van der Waals surface area contributed by atoms with Crippen LogP contribution in [0.15, 0.2) is 198 Å². The van der Waals surface area contributed by atoms with Crippen molar-refractivity contribution in [2.75, 3.05) is 0 Å². The van der Waals surface area contributed by atoms with Gasteiger partial charge in [-0.3, -0.25) is 0 Å². The predicted octanol–water partition coefficient (Wildman–Crippen LogP) is 13.2. The molecule has 11 aromatic rings. The molecule has 5 nitrogen and oxygen atoms in total. The summed E-state index contributed by atoms with van der Waals surface area (Å²) in [5, 5.41) is 4.20. The summed E-state index contributed by atoms with van der Waals surface area (Å²) in [6, 6.07) is 52.7. The highest BCUT2D eigenvalue weighted by Crippen LogP contribution is 2.42. The van der Waals surface area contributed by atoms with Crippen LogP contribution in [0.25, 0.3) is 106 Å². The van der Waals surface area contributed by atoms with E-state index in [2.05, 4.69) is 95.6 Å². The molecule has 0 fully saturated rings. The van der Waals surface area contributed by atoms with E-state index in [-0.39, 0.29) is 17.6 Å². The first-order valence-corrected chi connectivity index (χ1v) is 18.4. The maximum atomic E-state index is 8.61. The Bertz CT molecular complexity index is 3520. The second-order valence-corrected chi connectivity index (χ2v) is 13.6. The van der Waals surface area contributed by atoms with Crippen LogP contribution in [0.3, 0.4) is 0 Å². The summed E-state index contributed by atoms with van der Waals surface area (Å²) < 4.78 is 51.1. The Kier molecular flexibility index (Phi) is 6.29. The minimum Gasteiger partial charge on any atom is -0.455 e. The fraction of sp³-hybridized carbons (Fsp3) is 0. The zero-order valence-electron chi connectivity index (χ0n) is 34.8. The molecule has 0 unspecified atom stereocenters. The summed E-state index contributed by atoms with van der Waals surface area (Å²) in [5.41, 5.74) is 9.36. The van der Waals surface area contributed by atoms with Gasteiger partial charge in [0.25, 0.3) is 0 Å². The van der Waals surface area contributed by atoms with Crippen LogP contribution in [-0.4, -0.2) is 19.5 Å². The first kappa shape index (κ1) is 27.0. The highest BCUT2D eigenvalue weighted by Gasteiger charge is 2.20. The van der Waals surface area contributed by atoms with Crippen molar-refractivity contribution in [3.8, 4) is 62.1 Å². The Morgan fingerprint density at radius 1 is 0.393 bits per heavy atom. The molecular weight excluding hydrogens is 685 g/mol. The third kappa shape index (κ3) is 5.29. The van der Waals surface area contributed by atoms with Gasteiger partial charge in [-0.2, -0.15) is 0 Å². The summed E-state index contributed by atoms with van der Waals surface area (Å²) in [5.74, 6) is 1.21. The number of hydrogen-bond donors (Lipinski definition) is 0. The lowest BCUT2D eigenvalue weighted by Crippen LogP contribution is -2.00. The van der Waals surface area contributed by atoms with E-state index in [9.17, 15) is 0 Å². The standard InChI is InChI=1S/C51H32N4O/c1-4-15-33(16-5-1)35-19-12-20-37(31-35)50-52-49(34-17-6-2-7-18-34)53-51(54-50)43-27-14-26-42-41-25-13-24-39(47(41)56-48(42)43)36-29-30-46-44(32-36)40-23-10-11-28-45(40)55(46)38-21-8-3-9-22-38/h1-32H/i1D,4D,5D,15D,16D. The Morgan fingerprint density at radius 3 is 1.79 bits per heavy atom. The molecule has 11 rings (SSSR count). The van der Waals surface area contributed by atoms with Crippen LogP contribution in [0.5, 0.6) is 0 Å². The summed E-state index contributed by atoms with van der Waals surface area (Å²) in [6.07, 6.45) is 0. The van der Waals surface area contributed by atoms with E-state index in [1.165, 1.54) is 5.39 Å². The summed E-state index contributed by atoms with van der Waals surface area (Å²) in [7, 11) is 0. The SMILES string of the molecule is [2H]c1c([2H])c([2H])c(-c2cccc(-c3nc(-c4ccccc4)nc(-c4cccc5c4oc4c(-c6ccc7c(c6)c6ccccc6n7-c6ccccc6)cccc45)n3)c2)c([2H])c1[2H]. The van der Waals surface area contributed by atoms with Crippen LogP contribution in [0.1, 0.15) is 6.85 Å². The molecular formula is C51H32N4O. The highest BCUT2D eigenvalue weighted by atomic mass is 16.3. The van der Waals surface area contributed by atoms with Crippen LogP contribution in [0, 0.1) is 0 Å². The lowest BCUT2D eigenvalue weighted by atomic mass is 10.00. The lowest BCUT2D eigenvalue weighted by Gasteiger charge is -2.10. The van der Waals surface area contributed by atoms with Gasteiger partial charge in [0.2, 0.25) is 0 Å². The monoisotopic (exact) mass is 721 g/mol. The molecule has 0 spiro atoms. The fourth-order valence-electron chi connectivity index (χ4n) is 7.77. The average molecular weight is 722 g/mol. The molecule has 3 heterocycles. The molecule has 0 N–H and O–H groups in total. The zero-order chi connectivity index (χ0) is 41.4. The molecule has 0 saturated carbocycles. The maximum absolute atomic E-state index is 8.61. The van der Waals surface area contributed by atoms with Crippen molar-refractivity contribution in [3.63, 3.8) is 0 Å². The Hall–Kier alpha value is -7.63. The highest BCUT2D eigenvalue weighted by molar-refractivity contribution is 6.14. The van der Waals surface area contributed by atoms with Gasteiger partial charge in [0.05, 0.1) is 23.5 Å². The van der Waals surface area contributed by atoms with E-state index in [1.807, 2.05) is 54.6 Å². The van der Waals surface area contributed by atoms with Crippen molar-refractivity contribution in [1.82, 2.24) is 19.5 Å². The first-order chi connectivity index (χ1) is 29.8. The third-order valence-corrected chi connectivity index (χ3v) is 10.3. The van der Waals surface area contributed by atoms with E-state index in [4.69, 9.17) is 26.2 Å². The molecule has 262 valence electrons. The van der Waals surface area contributed by atoms with Crippen LogP contribution in [0.4, 0.5) is 0 Å². The molecule has 0 amide bonds. The number of nitrogens with zero attached hydrogens (tertiary/aromatic N) is 4. The van der Waals surface area contributed by atoms with Crippen molar-refractivity contribution >= 4 is 43.7 Å². The summed E-state index contributed by atoms with van der Waals surface area (Å²) in [6.45, 7) is 0. The van der Waals surface area contributed by atoms with Crippen molar-refractivity contribution in [1.29, 1.82) is 0 Å². The first-order valence-electron chi connectivity index (χ1n) is 20.9. The molecule has 0 aliphatic heterocycles. The summed E-state index contributed by atoms with van der Waals surface area (Å²) >= 11 is 0. The Balaban J connectivity index is 1.08. The van der Waals surface area contributed by atoms with E-state index >= 15 is 0 Å². The van der Waals surface area contributed by atoms with Gasteiger partial charge in [-0.05, 0) is 59.2 Å². The molecule has 0 aliphatic rings. The van der Waals surface area contributed by atoms with Gasteiger partial charge in [0, 0.05) is 43.9 Å². The molecule has 0 aliphatic carbocycles. The Labute approximate surface area is 329 Å². The van der Waals surface area contributed by atoms with E-state index in [0.717, 1.165) is 55.2 Å². The molecule has 0 radical (unpaired) electrons. The molecule has 0 saturated heterocycles. The molecule has 8 aromatic carbocycles. The van der Waals surface area contributed by atoms with Gasteiger partial charge >= 0.3 is 0 Å². The van der Waals surface area contributed by atoms with Gasteiger partial charge < -0.3 is 8.98 Å². The third-order valence-electron chi connectivity index (χ3n) is 10.3. The maximum Gasteiger partial charge on any atom is 0.167 e. The minimum absolute atomic E-state index is 0.106. The van der Waals surface area contributed by atoms with E-state index in [1.54, 1.807) is 18.2 Å². The second-order valence-electron chi connectivity index (χ2n) is 13.6. The minimum atomic E-state index is -0.440. The average Bonchev–Trinajstić information content (AvgIpc) is 3.87. The van der Waals surface area contributed by atoms with Crippen LogP contribution in [0.2, 0.25) is 0 Å². The number of aromatic nitrogens is 4. The van der Waals surface area contributed by atoms with Gasteiger partial charge in [0.15, 0.2) is 17.5 Å². The van der Waals surface area contributed by atoms with Gasteiger partial charge in [-0.25, -0.2) is 15.0 Å².